The zero-order valence-corrected chi connectivity index (χ0v) is 17.4. The summed E-state index contributed by atoms with van der Waals surface area (Å²) in [6.07, 6.45) is 4.23. The molecule has 2 N–H and O–H groups in total. The van der Waals surface area contributed by atoms with Crippen LogP contribution < -0.4 is 5.32 Å². The van der Waals surface area contributed by atoms with Crippen LogP contribution in [-0.4, -0.2) is 41.1 Å². The molecule has 5 nitrogen and oxygen atoms in total. The number of rotatable bonds is 6. The Hall–Kier alpha value is -1.92. The maximum absolute atomic E-state index is 10.4. The fourth-order valence-corrected chi connectivity index (χ4v) is 4.50. The van der Waals surface area contributed by atoms with Crippen molar-refractivity contribution in [1.82, 2.24) is 15.2 Å². The molecule has 146 valence electrons. The van der Waals surface area contributed by atoms with Crippen LogP contribution in [0, 0.1) is 6.92 Å². The van der Waals surface area contributed by atoms with Gasteiger partial charge in [-0.05, 0) is 45.1 Å². The minimum atomic E-state index is -0.597. The van der Waals surface area contributed by atoms with Crippen LogP contribution in [0.15, 0.2) is 29.3 Å². The number of guanidine groups is 1. The highest BCUT2D eigenvalue weighted by atomic mass is 32.1. The van der Waals surface area contributed by atoms with E-state index in [-0.39, 0.29) is 0 Å². The molecule has 0 fully saturated rings. The number of hydrogen-bond acceptors (Lipinski definition) is 4. The van der Waals surface area contributed by atoms with Crippen molar-refractivity contribution in [2.45, 2.75) is 52.2 Å². The van der Waals surface area contributed by atoms with E-state index in [0.29, 0.717) is 6.54 Å². The van der Waals surface area contributed by atoms with Crippen molar-refractivity contribution in [3.63, 3.8) is 0 Å². The monoisotopic (exact) mass is 386 g/mol. The van der Waals surface area contributed by atoms with Gasteiger partial charge in [-0.25, -0.2) is 4.98 Å². The fraction of sp³-hybridized carbons (Fsp3) is 0.524. The second kappa shape index (κ2) is 9.33. The van der Waals surface area contributed by atoms with Gasteiger partial charge in [0, 0.05) is 18.5 Å². The largest absolute Gasteiger partial charge is 0.386 e. The average molecular weight is 387 g/mol. The molecule has 1 atom stereocenters. The molecule has 0 bridgehead atoms. The van der Waals surface area contributed by atoms with E-state index < -0.39 is 6.10 Å². The summed E-state index contributed by atoms with van der Waals surface area (Å²) in [7, 11) is 2.03. The van der Waals surface area contributed by atoms with Gasteiger partial charge in [0.2, 0.25) is 0 Å². The summed E-state index contributed by atoms with van der Waals surface area (Å²) in [4.78, 5) is 13.0. The number of aromatic nitrogens is 1. The van der Waals surface area contributed by atoms with Gasteiger partial charge in [0.25, 0.3) is 0 Å². The summed E-state index contributed by atoms with van der Waals surface area (Å²) in [5, 5.41) is 14.9. The van der Waals surface area contributed by atoms with E-state index in [1.807, 2.05) is 49.6 Å². The van der Waals surface area contributed by atoms with E-state index in [1.165, 1.54) is 35.4 Å². The SMILES string of the molecule is CCNC(=NCC(O)c1ccc(C)cc1)N(C)Cc1nc2c(s1)CCCC2. The third-order valence-electron chi connectivity index (χ3n) is 4.83. The summed E-state index contributed by atoms with van der Waals surface area (Å²) < 4.78 is 0. The molecule has 0 amide bonds. The molecule has 27 heavy (non-hydrogen) atoms. The number of nitrogens with zero attached hydrogens (tertiary/aromatic N) is 3. The van der Waals surface area contributed by atoms with Crippen molar-refractivity contribution < 1.29 is 5.11 Å². The highest BCUT2D eigenvalue weighted by Gasteiger charge is 2.17. The molecule has 1 aliphatic rings. The number of benzene rings is 1. The summed E-state index contributed by atoms with van der Waals surface area (Å²) in [6.45, 7) is 5.97. The molecule has 1 aromatic heterocycles. The van der Waals surface area contributed by atoms with Crippen molar-refractivity contribution in [2.24, 2.45) is 4.99 Å². The lowest BCUT2D eigenvalue weighted by Crippen LogP contribution is -2.38. The quantitative estimate of drug-likeness (QED) is 0.590. The van der Waals surface area contributed by atoms with Crippen molar-refractivity contribution in [3.05, 3.63) is 51.0 Å². The van der Waals surface area contributed by atoms with Crippen molar-refractivity contribution in [3.8, 4) is 0 Å². The number of fused-ring (bicyclic) bond motifs is 1. The molecule has 0 saturated heterocycles. The van der Waals surface area contributed by atoms with Gasteiger partial charge in [0.05, 0.1) is 24.9 Å². The Morgan fingerprint density at radius 3 is 2.74 bits per heavy atom. The van der Waals surface area contributed by atoms with Crippen LogP contribution in [0.3, 0.4) is 0 Å². The van der Waals surface area contributed by atoms with Gasteiger partial charge in [-0.15, -0.1) is 11.3 Å². The van der Waals surface area contributed by atoms with Crippen molar-refractivity contribution in [1.29, 1.82) is 0 Å². The van der Waals surface area contributed by atoms with E-state index in [0.717, 1.165) is 36.0 Å². The van der Waals surface area contributed by atoms with Crippen LogP contribution in [0.2, 0.25) is 0 Å². The van der Waals surface area contributed by atoms with Crippen LogP contribution in [0.5, 0.6) is 0 Å². The van der Waals surface area contributed by atoms with Crippen molar-refractivity contribution >= 4 is 17.3 Å². The topological polar surface area (TPSA) is 60.8 Å². The first-order chi connectivity index (χ1) is 13.1. The Morgan fingerprint density at radius 1 is 1.30 bits per heavy atom. The maximum Gasteiger partial charge on any atom is 0.194 e. The lowest BCUT2D eigenvalue weighted by Gasteiger charge is -2.21. The van der Waals surface area contributed by atoms with E-state index in [2.05, 4.69) is 22.1 Å². The Bertz CT molecular complexity index is 745. The average Bonchev–Trinajstić information content (AvgIpc) is 3.07. The number of thiazole rings is 1. The first kappa shape index (κ1) is 19.8. The number of aryl methyl sites for hydroxylation is 3. The number of nitrogens with one attached hydrogen (secondary N) is 1. The number of aliphatic imine (C=N–C) groups is 1. The summed E-state index contributed by atoms with van der Waals surface area (Å²) >= 11 is 1.84. The van der Waals surface area contributed by atoms with Crippen molar-refractivity contribution in [2.75, 3.05) is 20.1 Å². The van der Waals surface area contributed by atoms with E-state index in [9.17, 15) is 5.11 Å². The first-order valence-corrected chi connectivity index (χ1v) is 10.6. The molecule has 1 heterocycles. The Morgan fingerprint density at radius 2 is 2.04 bits per heavy atom. The maximum atomic E-state index is 10.4. The minimum absolute atomic E-state index is 0.337. The molecule has 1 aromatic carbocycles. The lowest BCUT2D eigenvalue weighted by atomic mass is 10.0. The molecule has 6 heteroatoms. The molecule has 0 saturated carbocycles. The number of hydrogen-bond donors (Lipinski definition) is 2. The van der Waals surface area contributed by atoms with E-state index in [1.54, 1.807) is 0 Å². The van der Waals surface area contributed by atoms with Gasteiger partial charge in [-0.2, -0.15) is 0 Å². The molecule has 0 aliphatic heterocycles. The molecule has 1 aliphatic carbocycles. The van der Waals surface area contributed by atoms with Gasteiger partial charge < -0.3 is 15.3 Å². The third-order valence-corrected chi connectivity index (χ3v) is 5.98. The standard InChI is InChI=1S/C21H30N4OS/c1-4-22-21(23-13-18(26)16-11-9-15(2)10-12-16)25(3)14-20-24-17-7-5-6-8-19(17)27-20/h9-12,18,26H,4-8,13-14H2,1-3H3,(H,22,23). The number of aliphatic hydroxyl groups excluding tert-OH is 1. The molecule has 3 rings (SSSR count). The smallest absolute Gasteiger partial charge is 0.194 e. The molecular weight excluding hydrogens is 356 g/mol. The van der Waals surface area contributed by atoms with E-state index in [4.69, 9.17) is 4.98 Å². The molecule has 2 aromatic rings. The van der Waals surface area contributed by atoms with Gasteiger partial charge >= 0.3 is 0 Å². The summed E-state index contributed by atoms with van der Waals surface area (Å²) in [5.74, 6) is 0.803. The predicted octanol–water partition coefficient (Wildman–Crippen LogP) is 3.46. The Kier molecular flexibility index (Phi) is 6.85. The zero-order valence-electron chi connectivity index (χ0n) is 16.5. The van der Waals surface area contributed by atoms with Crippen LogP contribution >= 0.6 is 11.3 Å². The predicted molar refractivity (Wildman–Crippen MR) is 112 cm³/mol. The molecule has 0 radical (unpaired) electrons. The molecule has 1 unspecified atom stereocenters. The Balaban J connectivity index is 1.65. The Labute approximate surface area is 166 Å². The normalized spacial score (nSPS) is 15.3. The van der Waals surface area contributed by atoms with Gasteiger partial charge in [0.1, 0.15) is 5.01 Å². The second-order valence-electron chi connectivity index (χ2n) is 7.16. The highest BCUT2D eigenvalue weighted by Crippen LogP contribution is 2.27. The van der Waals surface area contributed by atoms with Gasteiger partial charge in [0.15, 0.2) is 5.96 Å². The second-order valence-corrected chi connectivity index (χ2v) is 8.33. The van der Waals surface area contributed by atoms with Crippen LogP contribution in [-0.2, 0) is 19.4 Å². The van der Waals surface area contributed by atoms with Gasteiger partial charge in [-0.3, -0.25) is 4.99 Å². The van der Waals surface area contributed by atoms with Gasteiger partial charge in [-0.1, -0.05) is 29.8 Å². The zero-order chi connectivity index (χ0) is 19.2. The third kappa shape index (κ3) is 5.30. The van der Waals surface area contributed by atoms with Crippen LogP contribution in [0.4, 0.5) is 0 Å². The van der Waals surface area contributed by atoms with Crippen LogP contribution in [0.1, 0.15) is 52.6 Å². The summed E-state index contributed by atoms with van der Waals surface area (Å²) in [5.41, 5.74) is 3.38. The minimum Gasteiger partial charge on any atom is -0.386 e. The summed E-state index contributed by atoms with van der Waals surface area (Å²) in [6, 6.07) is 7.96. The molecule has 0 spiro atoms. The lowest BCUT2D eigenvalue weighted by molar-refractivity contribution is 0.186. The first-order valence-electron chi connectivity index (χ1n) is 9.78. The highest BCUT2D eigenvalue weighted by molar-refractivity contribution is 7.11. The molecular formula is C21H30N4OS. The fourth-order valence-electron chi connectivity index (χ4n) is 3.29. The number of aliphatic hydroxyl groups is 1. The van der Waals surface area contributed by atoms with Crippen LogP contribution in [0.25, 0.3) is 0 Å². The van der Waals surface area contributed by atoms with E-state index >= 15 is 0 Å².